The fraction of sp³-hybridized carbons (Fsp3) is 0.263. The third-order valence-corrected chi connectivity index (χ3v) is 4.94. The third-order valence-electron chi connectivity index (χ3n) is 4.94. The van der Waals surface area contributed by atoms with Gasteiger partial charge in [0.15, 0.2) is 12.2 Å². The first-order chi connectivity index (χ1) is 14.0. The van der Waals surface area contributed by atoms with Crippen molar-refractivity contribution in [3.05, 3.63) is 42.5 Å². The second-order valence-corrected chi connectivity index (χ2v) is 6.74. The van der Waals surface area contributed by atoms with Crippen molar-refractivity contribution in [2.75, 3.05) is 26.0 Å². The number of carbonyl (C=O) groups excluding carboxylic acids is 3. The van der Waals surface area contributed by atoms with Gasteiger partial charge >= 0.3 is 6.03 Å². The molecule has 148 valence electrons. The molecule has 0 bridgehead atoms. The minimum Gasteiger partial charge on any atom is -0.359 e. The molecule has 10 nitrogen and oxygen atoms in total. The van der Waals surface area contributed by atoms with Gasteiger partial charge in [-0.05, 0) is 12.1 Å². The van der Waals surface area contributed by atoms with E-state index in [4.69, 9.17) is 0 Å². The van der Waals surface area contributed by atoms with Crippen LogP contribution in [0.25, 0.3) is 11.3 Å². The van der Waals surface area contributed by atoms with Gasteiger partial charge in [0.1, 0.15) is 5.82 Å². The van der Waals surface area contributed by atoms with E-state index >= 15 is 0 Å². The van der Waals surface area contributed by atoms with Crippen molar-refractivity contribution < 1.29 is 14.4 Å². The number of nitrogens with one attached hydrogen (secondary N) is 1. The molecule has 0 spiro atoms. The number of likely N-dealkylation sites (N-methyl/N-ethyl adjacent to an activating group) is 2. The van der Waals surface area contributed by atoms with Crippen molar-refractivity contribution in [2.24, 2.45) is 4.99 Å². The van der Waals surface area contributed by atoms with E-state index in [0.717, 1.165) is 16.2 Å². The first-order valence-electron chi connectivity index (χ1n) is 8.99. The normalized spacial score (nSPS) is 20.8. The van der Waals surface area contributed by atoms with E-state index in [-0.39, 0.29) is 12.5 Å². The second kappa shape index (κ2) is 7.30. The van der Waals surface area contributed by atoms with Crippen molar-refractivity contribution in [3.63, 3.8) is 0 Å². The first kappa shape index (κ1) is 18.5. The zero-order chi connectivity index (χ0) is 20.5. The Bertz CT molecular complexity index is 977. The third kappa shape index (κ3) is 3.28. The lowest BCUT2D eigenvalue weighted by Crippen LogP contribution is -2.64. The van der Waals surface area contributed by atoms with Gasteiger partial charge in [-0.2, -0.15) is 0 Å². The molecule has 1 aromatic carbocycles. The van der Waals surface area contributed by atoms with Crippen molar-refractivity contribution >= 4 is 30.0 Å². The highest BCUT2D eigenvalue weighted by atomic mass is 16.2. The Labute approximate surface area is 166 Å². The number of carbonyl (C=O) groups is 3. The smallest absolute Gasteiger partial charge is 0.328 e. The minimum absolute atomic E-state index is 0.0940. The molecule has 2 aliphatic rings. The highest BCUT2D eigenvalue weighted by Crippen LogP contribution is 2.24. The Hall–Kier alpha value is -3.82. The van der Waals surface area contributed by atoms with E-state index in [1.165, 1.54) is 23.2 Å². The van der Waals surface area contributed by atoms with Gasteiger partial charge in [0.25, 0.3) is 5.91 Å². The molecule has 2 aromatic rings. The summed E-state index contributed by atoms with van der Waals surface area (Å²) in [5, 5.41) is 11.2. The molecule has 4 amide bonds. The van der Waals surface area contributed by atoms with Crippen LogP contribution in [-0.2, 0) is 9.59 Å². The number of nitrogens with zero attached hydrogens (tertiary/aromatic N) is 6. The molecule has 3 heterocycles. The van der Waals surface area contributed by atoms with Crippen LogP contribution < -0.4 is 5.32 Å². The number of anilines is 1. The summed E-state index contributed by atoms with van der Waals surface area (Å²) in [4.78, 5) is 44.9. The molecule has 0 unspecified atom stereocenters. The molecule has 1 N–H and O–H groups in total. The summed E-state index contributed by atoms with van der Waals surface area (Å²) >= 11 is 0. The summed E-state index contributed by atoms with van der Waals surface area (Å²) in [5.74, 6) is -0.388. The SMILES string of the molecule is CN1C(=O)[C@@H]2[C@@H](N=CN2C(=O)CNc2ccc(-c3ccccc3)nn2)N(C)C1=O. The van der Waals surface area contributed by atoms with E-state index < -0.39 is 24.1 Å². The molecule has 29 heavy (non-hydrogen) atoms. The summed E-state index contributed by atoms with van der Waals surface area (Å²) in [6.07, 6.45) is 0.602. The second-order valence-electron chi connectivity index (χ2n) is 6.74. The highest BCUT2D eigenvalue weighted by molar-refractivity contribution is 6.05. The summed E-state index contributed by atoms with van der Waals surface area (Å²) in [6.45, 7) is -0.0940. The average Bonchev–Trinajstić information content (AvgIpc) is 3.21. The van der Waals surface area contributed by atoms with Crippen LogP contribution in [0.5, 0.6) is 0 Å². The fourth-order valence-corrected chi connectivity index (χ4v) is 3.30. The molecule has 10 heteroatoms. The van der Waals surface area contributed by atoms with E-state index in [1.807, 2.05) is 36.4 Å². The van der Waals surface area contributed by atoms with E-state index in [2.05, 4.69) is 20.5 Å². The Kier molecular flexibility index (Phi) is 4.67. The molecule has 4 rings (SSSR count). The summed E-state index contributed by atoms with van der Waals surface area (Å²) in [7, 11) is 2.94. The number of hydrogen-bond donors (Lipinski definition) is 1. The molecule has 0 aliphatic carbocycles. The van der Waals surface area contributed by atoms with E-state index in [1.54, 1.807) is 13.1 Å². The van der Waals surface area contributed by atoms with Crippen molar-refractivity contribution in [2.45, 2.75) is 12.2 Å². The van der Waals surface area contributed by atoms with E-state index in [9.17, 15) is 14.4 Å². The molecular formula is C19H19N7O3. The number of aliphatic imine (C=N–C) groups is 1. The number of rotatable bonds is 4. The van der Waals surface area contributed by atoms with Crippen LogP contribution >= 0.6 is 0 Å². The lowest BCUT2D eigenvalue weighted by atomic mass is 10.1. The quantitative estimate of drug-likeness (QED) is 0.816. The predicted octanol–water partition coefficient (Wildman–Crippen LogP) is 0.644. The molecule has 1 fully saturated rings. The van der Waals surface area contributed by atoms with Crippen LogP contribution in [0.3, 0.4) is 0 Å². The fourth-order valence-electron chi connectivity index (χ4n) is 3.30. The number of aromatic nitrogens is 2. The van der Waals surface area contributed by atoms with Gasteiger partial charge < -0.3 is 10.2 Å². The van der Waals surface area contributed by atoms with Gasteiger partial charge in [0, 0.05) is 19.7 Å². The Morgan fingerprint density at radius 2 is 1.83 bits per heavy atom. The van der Waals surface area contributed by atoms with Crippen LogP contribution in [-0.4, -0.2) is 81.9 Å². The van der Waals surface area contributed by atoms with Crippen molar-refractivity contribution in [3.8, 4) is 11.3 Å². The Morgan fingerprint density at radius 3 is 2.52 bits per heavy atom. The zero-order valence-electron chi connectivity index (χ0n) is 15.9. The molecular weight excluding hydrogens is 374 g/mol. The zero-order valence-corrected chi connectivity index (χ0v) is 15.9. The summed E-state index contributed by atoms with van der Waals surface area (Å²) < 4.78 is 0. The van der Waals surface area contributed by atoms with Gasteiger partial charge in [-0.3, -0.25) is 19.4 Å². The maximum atomic E-state index is 12.7. The van der Waals surface area contributed by atoms with Crippen LogP contribution in [0.4, 0.5) is 10.6 Å². The van der Waals surface area contributed by atoms with E-state index in [0.29, 0.717) is 5.82 Å². The lowest BCUT2D eigenvalue weighted by molar-refractivity contribution is -0.142. The largest absolute Gasteiger partial charge is 0.359 e. The lowest BCUT2D eigenvalue weighted by Gasteiger charge is -2.39. The standard InChI is InChI=1S/C19H19N7O3/c1-24-17-16(18(28)25(2)19(24)29)26(11-21-17)15(27)10-20-14-9-8-13(22-23-14)12-6-4-3-5-7-12/h3-9,11,16-17H,10H2,1-2H3,(H,20,23)/t16-,17-/m0/s1. The number of benzene rings is 1. The summed E-state index contributed by atoms with van der Waals surface area (Å²) in [6, 6.07) is 11.9. The molecule has 0 saturated carbocycles. The Balaban J connectivity index is 1.41. The van der Waals surface area contributed by atoms with Gasteiger partial charge in [-0.1, -0.05) is 30.3 Å². The van der Waals surface area contributed by atoms with Crippen LogP contribution in [0.1, 0.15) is 0 Å². The Morgan fingerprint density at radius 1 is 1.07 bits per heavy atom. The van der Waals surface area contributed by atoms with Gasteiger partial charge in [-0.15, -0.1) is 10.2 Å². The monoisotopic (exact) mass is 393 g/mol. The predicted molar refractivity (Wildman–Crippen MR) is 105 cm³/mol. The minimum atomic E-state index is -0.858. The number of amides is 4. The molecule has 0 radical (unpaired) electrons. The maximum Gasteiger partial charge on any atom is 0.328 e. The van der Waals surface area contributed by atoms with Crippen LogP contribution in [0.2, 0.25) is 0 Å². The van der Waals surface area contributed by atoms with Crippen molar-refractivity contribution in [1.29, 1.82) is 0 Å². The molecule has 2 atom stereocenters. The summed E-state index contributed by atoms with van der Waals surface area (Å²) in [5.41, 5.74) is 1.67. The molecule has 1 aromatic heterocycles. The number of hydrogen-bond acceptors (Lipinski definition) is 7. The topological polar surface area (TPSA) is 111 Å². The van der Waals surface area contributed by atoms with Gasteiger partial charge in [0.05, 0.1) is 18.6 Å². The van der Waals surface area contributed by atoms with Gasteiger partial charge in [0.2, 0.25) is 5.91 Å². The number of imide groups is 1. The number of urea groups is 1. The number of fused-ring (bicyclic) bond motifs is 1. The first-order valence-corrected chi connectivity index (χ1v) is 8.99. The van der Waals surface area contributed by atoms with Crippen LogP contribution in [0, 0.1) is 0 Å². The maximum absolute atomic E-state index is 12.7. The highest BCUT2D eigenvalue weighted by Gasteiger charge is 2.50. The van der Waals surface area contributed by atoms with Gasteiger partial charge in [-0.25, -0.2) is 9.79 Å². The molecule has 2 aliphatic heterocycles. The van der Waals surface area contributed by atoms with Crippen molar-refractivity contribution in [1.82, 2.24) is 24.9 Å². The molecule has 1 saturated heterocycles. The van der Waals surface area contributed by atoms with Crippen LogP contribution in [0.15, 0.2) is 47.5 Å². The average molecular weight is 393 g/mol.